The highest BCUT2D eigenvalue weighted by Crippen LogP contribution is 2.51. The van der Waals surface area contributed by atoms with Crippen molar-refractivity contribution in [3.05, 3.63) is 12.2 Å². The number of methoxy groups -OCH3 is 1. The van der Waals surface area contributed by atoms with Crippen LogP contribution in [0.5, 0.6) is 0 Å². The third kappa shape index (κ3) is 2.10. The fourth-order valence-corrected chi connectivity index (χ4v) is 1.59. The Kier molecular flexibility index (Phi) is 3.09. The summed E-state index contributed by atoms with van der Waals surface area (Å²) in [7, 11) is 1.46. The Morgan fingerprint density at radius 3 is 2.62 bits per heavy atom. The van der Waals surface area contributed by atoms with Crippen LogP contribution in [0.25, 0.3) is 0 Å². The van der Waals surface area contributed by atoms with Crippen LogP contribution in [-0.4, -0.2) is 24.3 Å². The van der Waals surface area contributed by atoms with E-state index < -0.39 is 12.1 Å². The summed E-state index contributed by atoms with van der Waals surface area (Å²) in [6.07, 6.45) is 6.13. The van der Waals surface area contributed by atoms with Gasteiger partial charge in [0.05, 0.1) is 0 Å². The van der Waals surface area contributed by atoms with Gasteiger partial charge in [-0.15, -0.1) is 0 Å². The maximum Gasteiger partial charge on any atom is 0.333 e. The zero-order chi connectivity index (χ0) is 9.90. The van der Waals surface area contributed by atoms with Crippen LogP contribution < -0.4 is 0 Å². The summed E-state index contributed by atoms with van der Waals surface area (Å²) in [5, 5.41) is 8.89. The predicted molar refractivity (Wildman–Crippen MR) is 49.5 cm³/mol. The number of carboxylic acids is 1. The zero-order valence-corrected chi connectivity index (χ0v) is 8.12. The van der Waals surface area contributed by atoms with Crippen LogP contribution >= 0.6 is 0 Å². The number of hydrogen-bond donors (Lipinski definition) is 1. The maximum atomic E-state index is 10.8. The molecular formula is C10H16O3. The quantitative estimate of drug-likeness (QED) is 0.663. The van der Waals surface area contributed by atoms with Crippen LogP contribution in [0.15, 0.2) is 12.2 Å². The lowest BCUT2D eigenvalue weighted by Crippen LogP contribution is -2.31. The molecule has 0 saturated heterocycles. The Labute approximate surface area is 78.4 Å². The highest BCUT2D eigenvalue weighted by Gasteiger charge is 2.51. The van der Waals surface area contributed by atoms with Crippen molar-refractivity contribution in [2.45, 2.75) is 32.3 Å². The van der Waals surface area contributed by atoms with E-state index in [1.807, 2.05) is 19.1 Å². The predicted octanol–water partition coefficient (Wildman–Crippen LogP) is 1.83. The van der Waals surface area contributed by atoms with E-state index in [9.17, 15) is 4.79 Å². The van der Waals surface area contributed by atoms with Gasteiger partial charge in [0.2, 0.25) is 0 Å². The standard InChI is InChI=1S/C10H16O3/c1-3-4-5-10(6-7-10)8(13-2)9(11)12/h4-5,8H,3,6-7H2,1-2H3,(H,11,12)/b5-4+. The van der Waals surface area contributed by atoms with Crippen LogP contribution in [-0.2, 0) is 9.53 Å². The summed E-state index contributed by atoms with van der Waals surface area (Å²) < 4.78 is 4.99. The first-order chi connectivity index (χ1) is 6.16. The molecular weight excluding hydrogens is 168 g/mol. The largest absolute Gasteiger partial charge is 0.479 e. The van der Waals surface area contributed by atoms with Crippen LogP contribution in [0.1, 0.15) is 26.2 Å². The molecule has 1 fully saturated rings. The minimum Gasteiger partial charge on any atom is -0.479 e. The number of aliphatic carboxylic acids is 1. The zero-order valence-electron chi connectivity index (χ0n) is 8.12. The lowest BCUT2D eigenvalue weighted by molar-refractivity contribution is -0.151. The molecule has 3 nitrogen and oxygen atoms in total. The molecule has 1 N–H and O–H groups in total. The fourth-order valence-electron chi connectivity index (χ4n) is 1.59. The second-order valence-corrected chi connectivity index (χ2v) is 3.50. The van der Waals surface area contributed by atoms with E-state index >= 15 is 0 Å². The van der Waals surface area contributed by atoms with Gasteiger partial charge in [0.1, 0.15) is 0 Å². The molecule has 1 aliphatic rings. The lowest BCUT2D eigenvalue weighted by Gasteiger charge is -2.18. The first-order valence-corrected chi connectivity index (χ1v) is 4.59. The normalized spacial score (nSPS) is 21.7. The molecule has 0 aromatic rings. The van der Waals surface area contributed by atoms with E-state index in [-0.39, 0.29) is 5.41 Å². The molecule has 1 saturated carbocycles. The number of ether oxygens (including phenoxy) is 1. The molecule has 0 aromatic heterocycles. The molecule has 1 rings (SSSR count). The van der Waals surface area contributed by atoms with Crippen molar-refractivity contribution in [1.29, 1.82) is 0 Å². The summed E-state index contributed by atoms with van der Waals surface area (Å²) in [6, 6.07) is 0. The monoisotopic (exact) mass is 184 g/mol. The van der Waals surface area contributed by atoms with Gasteiger partial charge in [-0.25, -0.2) is 4.79 Å². The van der Waals surface area contributed by atoms with E-state index in [2.05, 4.69) is 0 Å². The lowest BCUT2D eigenvalue weighted by atomic mass is 9.98. The maximum absolute atomic E-state index is 10.8. The van der Waals surface area contributed by atoms with Crippen molar-refractivity contribution in [1.82, 2.24) is 0 Å². The smallest absolute Gasteiger partial charge is 0.333 e. The first kappa shape index (κ1) is 10.3. The van der Waals surface area contributed by atoms with Crippen molar-refractivity contribution in [3.8, 4) is 0 Å². The van der Waals surface area contributed by atoms with Gasteiger partial charge in [0.25, 0.3) is 0 Å². The summed E-state index contributed by atoms with van der Waals surface area (Å²) >= 11 is 0. The Morgan fingerprint density at radius 1 is 1.69 bits per heavy atom. The molecule has 0 aromatic carbocycles. The third-order valence-electron chi connectivity index (χ3n) is 2.49. The molecule has 0 radical (unpaired) electrons. The molecule has 0 bridgehead atoms. The van der Waals surface area contributed by atoms with E-state index in [1.54, 1.807) is 0 Å². The van der Waals surface area contributed by atoms with Crippen LogP contribution in [0.3, 0.4) is 0 Å². The number of hydrogen-bond acceptors (Lipinski definition) is 2. The van der Waals surface area contributed by atoms with Gasteiger partial charge < -0.3 is 9.84 Å². The average molecular weight is 184 g/mol. The van der Waals surface area contributed by atoms with E-state index in [0.717, 1.165) is 19.3 Å². The van der Waals surface area contributed by atoms with Crippen LogP contribution in [0.2, 0.25) is 0 Å². The van der Waals surface area contributed by atoms with Crippen molar-refractivity contribution in [2.75, 3.05) is 7.11 Å². The summed E-state index contributed by atoms with van der Waals surface area (Å²) in [5.41, 5.74) is -0.212. The molecule has 0 spiro atoms. The molecule has 1 aliphatic carbocycles. The number of rotatable bonds is 5. The van der Waals surface area contributed by atoms with E-state index in [4.69, 9.17) is 9.84 Å². The van der Waals surface area contributed by atoms with E-state index in [1.165, 1.54) is 7.11 Å². The molecule has 1 atom stereocenters. The van der Waals surface area contributed by atoms with Crippen molar-refractivity contribution < 1.29 is 14.6 Å². The van der Waals surface area contributed by atoms with Gasteiger partial charge in [-0.1, -0.05) is 19.1 Å². The second kappa shape index (κ2) is 3.92. The highest BCUT2D eigenvalue weighted by atomic mass is 16.5. The summed E-state index contributed by atoms with van der Waals surface area (Å²) in [4.78, 5) is 10.8. The minimum absolute atomic E-state index is 0.212. The Morgan fingerprint density at radius 2 is 2.31 bits per heavy atom. The minimum atomic E-state index is -0.860. The number of carbonyl (C=O) groups is 1. The van der Waals surface area contributed by atoms with Gasteiger partial charge in [-0.2, -0.15) is 0 Å². The van der Waals surface area contributed by atoms with Gasteiger partial charge in [0.15, 0.2) is 6.10 Å². The molecule has 1 unspecified atom stereocenters. The van der Waals surface area contributed by atoms with Crippen molar-refractivity contribution in [3.63, 3.8) is 0 Å². The fraction of sp³-hybridized carbons (Fsp3) is 0.700. The molecule has 13 heavy (non-hydrogen) atoms. The molecule has 0 amide bonds. The summed E-state index contributed by atoms with van der Waals surface area (Å²) in [5.74, 6) is -0.860. The van der Waals surface area contributed by atoms with Gasteiger partial charge in [-0.05, 0) is 19.3 Å². The van der Waals surface area contributed by atoms with Crippen molar-refractivity contribution >= 4 is 5.97 Å². The molecule has 0 heterocycles. The molecule has 0 aliphatic heterocycles. The average Bonchev–Trinajstić information content (AvgIpc) is 2.83. The van der Waals surface area contributed by atoms with Crippen LogP contribution in [0, 0.1) is 5.41 Å². The SMILES string of the molecule is CC/C=C/C1(C(OC)C(=O)O)CC1. The van der Waals surface area contributed by atoms with Gasteiger partial charge in [0, 0.05) is 12.5 Å². The molecule has 3 heteroatoms. The van der Waals surface area contributed by atoms with Gasteiger partial charge >= 0.3 is 5.97 Å². The Hall–Kier alpha value is -0.830. The molecule has 74 valence electrons. The third-order valence-corrected chi connectivity index (χ3v) is 2.49. The van der Waals surface area contributed by atoms with Gasteiger partial charge in [-0.3, -0.25) is 0 Å². The second-order valence-electron chi connectivity index (χ2n) is 3.50. The Balaban J connectivity index is 2.67. The van der Waals surface area contributed by atoms with Crippen molar-refractivity contribution in [2.24, 2.45) is 5.41 Å². The van der Waals surface area contributed by atoms with Crippen LogP contribution in [0.4, 0.5) is 0 Å². The topological polar surface area (TPSA) is 46.5 Å². The van der Waals surface area contributed by atoms with E-state index in [0.29, 0.717) is 0 Å². The summed E-state index contributed by atoms with van der Waals surface area (Å²) in [6.45, 7) is 2.04. The number of carboxylic acid groups (broad SMARTS) is 1. The Bertz CT molecular complexity index is 216. The number of allylic oxidation sites excluding steroid dienone is 1. The highest BCUT2D eigenvalue weighted by molar-refractivity contribution is 5.74. The first-order valence-electron chi connectivity index (χ1n) is 4.59.